The van der Waals surface area contributed by atoms with Crippen LogP contribution in [0.1, 0.15) is 5.82 Å². The zero-order valence-corrected chi connectivity index (χ0v) is 13.0. The van der Waals surface area contributed by atoms with Crippen LogP contribution in [0.25, 0.3) is 0 Å². The van der Waals surface area contributed by atoms with Gasteiger partial charge in [-0.05, 0) is 34.7 Å². The molecular weight excluding hydrogens is 342 g/mol. The van der Waals surface area contributed by atoms with Crippen LogP contribution in [0.3, 0.4) is 0 Å². The molecule has 0 aliphatic heterocycles. The monoisotopic (exact) mass is 355 g/mol. The predicted molar refractivity (Wildman–Crippen MR) is 80.3 cm³/mol. The Labute approximate surface area is 141 Å². The van der Waals surface area contributed by atoms with Crippen LogP contribution in [0.15, 0.2) is 24.3 Å². The van der Waals surface area contributed by atoms with Gasteiger partial charge in [0.15, 0.2) is 5.82 Å². The number of carbonyl (C=O) groups is 2. The number of hydrogen-bond donors (Lipinski definition) is 3. The fraction of sp³-hybridized carbons (Fsp3) is 0.308. The van der Waals surface area contributed by atoms with Crippen LogP contribution < -0.4 is 10.1 Å². The maximum Gasteiger partial charge on any atom is 0.328 e. The first-order chi connectivity index (χ1) is 11.5. The quantitative estimate of drug-likeness (QED) is 0.574. The Bertz CT molecular complexity index is 705. The molecule has 0 fully saturated rings. The second kappa shape index (κ2) is 8.22. The average Bonchev–Trinajstić information content (AvgIpc) is 2.98. The van der Waals surface area contributed by atoms with Gasteiger partial charge in [0, 0.05) is 5.02 Å². The highest BCUT2D eigenvalue weighted by molar-refractivity contribution is 6.30. The van der Waals surface area contributed by atoms with E-state index in [0.717, 1.165) is 0 Å². The summed E-state index contributed by atoms with van der Waals surface area (Å²) >= 11 is 5.77. The van der Waals surface area contributed by atoms with Gasteiger partial charge in [-0.3, -0.25) is 4.79 Å². The molecule has 10 nitrogen and oxygen atoms in total. The Balaban J connectivity index is 1.93. The van der Waals surface area contributed by atoms with Gasteiger partial charge in [-0.15, -0.1) is 5.10 Å². The molecule has 1 atom stereocenters. The third kappa shape index (κ3) is 4.89. The molecule has 0 radical (unpaired) electrons. The van der Waals surface area contributed by atoms with E-state index in [9.17, 15) is 9.59 Å². The maximum absolute atomic E-state index is 11.8. The summed E-state index contributed by atoms with van der Waals surface area (Å²) in [6.07, 6.45) is 0. The molecule has 11 heteroatoms. The first-order valence-corrected chi connectivity index (χ1v) is 7.14. The number of hydrogen-bond acceptors (Lipinski definition) is 7. The molecule has 0 aliphatic rings. The molecule has 1 heterocycles. The highest BCUT2D eigenvalue weighted by atomic mass is 35.5. The summed E-state index contributed by atoms with van der Waals surface area (Å²) in [6.45, 7) is -1.02. The van der Waals surface area contributed by atoms with Crippen molar-refractivity contribution in [3.63, 3.8) is 0 Å². The van der Waals surface area contributed by atoms with E-state index in [1.54, 1.807) is 24.3 Å². The molecule has 24 heavy (non-hydrogen) atoms. The van der Waals surface area contributed by atoms with Gasteiger partial charge in [-0.1, -0.05) is 11.6 Å². The Morgan fingerprint density at radius 2 is 2.04 bits per heavy atom. The average molecular weight is 356 g/mol. The predicted octanol–water partition coefficient (Wildman–Crippen LogP) is -0.533. The van der Waals surface area contributed by atoms with E-state index in [0.29, 0.717) is 10.8 Å². The second-order valence-corrected chi connectivity index (χ2v) is 5.07. The molecular formula is C13H14ClN5O5. The number of halogens is 1. The second-order valence-electron chi connectivity index (χ2n) is 4.64. The van der Waals surface area contributed by atoms with Gasteiger partial charge in [0.05, 0.1) is 6.61 Å². The third-order valence-corrected chi connectivity index (χ3v) is 3.15. The Morgan fingerprint density at radius 1 is 1.33 bits per heavy atom. The number of tetrazole rings is 1. The highest BCUT2D eigenvalue weighted by Gasteiger charge is 2.20. The largest absolute Gasteiger partial charge is 0.486 e. The molecule has 2 rings (SSSR count). The molecule has 0 aliphatic carbocycles. The van der Waals surface area contributed by atoms with Crippen molar-refractivity contribution in [3.8, 4) is 5.75 Å². The van der Waals surface area contributed by atoms with Crippen LogP contribution in [0.5, 0.6) is 5.75 Å². The number of nitrogens with zero attached hydrogens (tertiary/aromatic N) is 4. The number of carbonyl (C=O) groups excluding carboxylic acids is 1. The third-order valence-electron chi connectivity index (χ3n) is 2.90. The molecule has 3 N–H and O–H groups in total. The first kappa shape index (κ1) is 17.6. The van der Waals surface area contributed by atoms with Crippen molar-refractivity contribution in [3.05, 3.63) is 35.1 Å². The fourth-order valence-corrected chi connectivity index (χ4v) is 1.82. The molecule has 0 bridgehead atoms. The zero-order chi connectivity index (χ0) is 17.5. The standard InChI is InChI=1S/C13H14ClN5O5/c14-8-1-3-9(4-2-8)24-7-11-16-17-18-19(11)5-12(21)15-10(6-20)13(22)23/h1-4,10,20H,5-7H2,(H,15,21)(H,22,23). The topological polar surface area (TPSA) is 139 Å². The van der Waals surface area contributed by atoms with E-state index in [2.05, 4.69) is 20.8 Å². The van der Waals surface area contributed by atoms with Gasteiger partial charge in [0.1, 0.15) is 24.9 Å². The van der Waals surface area contributed by atoms with Gasteiger partial charge < -0.3 is 20.3 Å². The number of carboxylic acids is 1. The van der Waals surface area contributed by atoms with Gasteiger partial charge in [0.25, 0.3) is 0 Å². The Morgan fingerprint density at radius 3 is 2.67 bits per heavy atom. The van der Waals surface area contributed by atoms with Crippen molar-refractivity contribution in [1.82, 2.24) is 25.5 Å². The number of amides is 1. The number of aliphatic carboxylic acids is 1. The summed E-state index contributed by atoms with van der Waals surface area (Å²) in [7, 11) is 0. The Kier molecular flexibility index (Phi) is 6.04. The van der Waals surface area contributed by atoms with E-state index in [4.69, 9.17) is 26.6 Å². The number of ether oxygens (including phenoxy) is 1. The van der Waals surface area contributed by atoms with Crippen LogP contribution in [0, 0.1) is 0 Å². The molecule has 1 unspecified atom stereocenters. The highest BCUT2D eigenvalue weighted by Crippen LogP contribution is 2.16. The summed E-state index contributed by atoms with van der Waals surface area (Å²) in [4.78, 5) is 22.6. The molecule has 128 valence electrons. The van der Waals surface area contributed by atoms with E-state index >= 15 is 0 Å². The SMILES string of the molecule is O=C(Cn1nnnc1COc1ccc(Cl)cc1)NC(CO)C(=O)O. The van der Waals surface area contributed by atoms with E-state index in [-0.39, 0.29) is 19.0 Å². The van der Waals surface area contributed by atoms with E-state index in [1.807, 2.05) is 0 Å². The van der Waals surface area contributed by atoms with Crippen molar-refractivity contribution in [2.45, 2.75) is 19.2 Å². The summed E-state index contributed by atoms with van der Waals surface area (Å²) in [5.41, 5.74) is 0. The molecule has 0 saturated heterocycles. The number of carboxylic acid groups (broad SMARTS) is 1. The van der Waals surface area contributed by atoms with Crippen molar-refractivity contribution in [2.75, 3.05) is 6.61 Å². The lowest BCUT2D eigenvalue weighted by Crippen LogP contribution is -2.44. The lowest BCUT2D eigenvalue weighted by molar-refractivity contribution is -0.143. The summed E-state index contributed by atoms with van der Waals surface area (Å²) in [5, 5.41) is 31.2. The van der Waals surface area contributed by atoms with Crippen molar-refractivity contribution < 1.29 is 24.5 Å². The van der Waals surface area contributed by atoms with Crippen molar-refractivity contribution in [1.29, 1.82) is 0 Å². The maximum atomic E-state index is 11.8. The van der Waals surface area contributed by atoms with Gasteiger partial charge in [0.2, 0.25) is 5.91 Å². The number of aliphatic hydroxyl groups excluding tert-OH is 1. The van der Waals surface area contributed by atoms with Crippen molar-refractivity contribution in [2.24, 2.45) is 0 Å². The first-order valence-electron chi connectivity index (χ1n) is 6.76. The minimum atomic E-state index is -1.39. The number of benzene rings is 1. The van der Waals surface area contributed by atoms with Gasteiger partial charge >= 0.3 is 5.97 Å². The minimum Gasteiger partial charge on any atom is -0.486 e. The zero-order valence-electron chi connectivity index (χ0n) is 12.3. The van der Waals surface area contributed by atoms with E-state index < -0.39 is 24.5 Å². The van der Waals surface area contributed by atoms with Crippen LogP contribution in [0.4, 0.5) is 0 Å². The summed E-state index contributed by atoms with van der Waals surface area (Å²) in [5.74, 6) is -1.18. The number of aromatic nitrogens is 4. The van der Waals surface area contributed by atoms with Crippen molar-refractivity contribution >= 4 is 23.5 Å². The van der Waals surface area contributed by atoms with Crippen LogP contribution in [-0.2, 0) is 22.7 Å². The van der Waals surface area contributed by atoms with E-state index in [1.165, 1.54) is 4.68 Å². The smallest absolute Gasteiger partial charge is 0.328 e. The van der Waals surface area contributed by atoms with Crippen LogP contribution in [-0.4, -0.2) is 54.9 Å². The number of nitrogens with one attached hydrogen (secondary N) is 1. The van der Waals surface area contributed by atoms with Gasteiger partial charge in [-0.25, -0.2) is 9.48 Å². The molecule has 1 amide bonds. The molecule has 1 aromatic carbocycles. The lowest BCUT2D eigenvalue weighted by Gasteiger charge is -2.12. The number of rotatable bonds is 8. The molecule has 1 aromatic heterocycles. The molecule has 2 aromatic rings. The lowest BCUT2D eigenvalue weighted by atomic mass is 10.3. The van der Waals surface area contributed by atoms with Gasteiger partial charge in [-0.2, -0.15) is 0 Å². The van der Waals surface area contributed by atoms with Crippen LogP contribution >= 0.6 is 11.6 Å². The minimum absolute atomic E-state index is 0.00424. The molecule has 0 spiro atoms. The van der Waals surface area contributed by atoms with Crippen LogP contribution in [0.2, 0.25) is 5.02 Å². The fourth-order valence-electron chi connectivity index (χ4n) is 1.69. The number of aliphatic hydroxyl groups is 1. The normalized spacial score (nSPS) is 11.8. The summed E-state index contributed by atoms with van der Waals surface area (Å²) < 4.78 is 6.65. The Hall–Kier alpha value is -2.72. The summed E-state index contributed by atoms with van der Waals surface area (Å²) in [6, 6.07) is 5.27. The molecule has 0 saturated carbocycles.